The van der Waals surface area contributed by atoms with Gasteiger partial charge in [-0.3, -0.25) is 4.90 Å². The number of piperazine rings is 1. The van der Waals surface area contributed by atoms with Crippen molar-refractivity contribution in [1.29, 1.82) is 0 Å². The van der Waals surface area contributed by atoms with E-state index in [1.807, 2.05) is 6.92 Å². The summed E-state index contributed by atoms with van der Waals surface area (Å²) in [5.74, 6) is 0.705. The molecule has 1 fully saturated rings. The van der Waals surface area contributed by atoms with Crippen LogP contribution in [-0.2, 0) is 10.0 Å². The smallest absolute Gasteiger partial charge is 0.243 e. The van der Waals surface area contributed by atoms with Crippen molar-refractivity contribution >= 4 is 10.0 Å². The zero-order valence-corrected chi connectivity index (χ0v) is 14.9. The summed E-state index contributed by atoms with van der Waals surface area (Å²) in [6, 6.07) is 5.02. The Labute approximate surface area is 133 Å². The van der Waals surface area contributed by atoms with Gasteiger partial charge in [0.1, 0.15) is 5.75 Å². The maximum atomic E-state index is 12.8. The molecule has 2 rings (SSSR count). The molecule has 0 bridgehead atoms. The van der Waals surface area contributed by atoms with Crippen LogP contribution in [0.4, 0.5) is 0 Å². The first-order valence-electron chi connectivity index (χ1n) is 7.56. The normalized spacial score (nSPS) is 18.4. The van der Waals surface area contributed by atoms with Crippen LogP contribution < -0.4 is 4.74 Å². The third-order valence-corrected chi connectivity index (χ3v) is 6.09. The number of nitrogens with zero attached hydrogens (tertiary/aromatic N) is 2. The molecule has 1 aliphatic heterocycles. The Kier molecular flexibility index (Phi) is 4.84. The van der Waals surface area contributed by atoms with Gasteiger partial charge in [0.2, 0.25) is 10.0 Å². The molecule has 1 aromatic rings. The highest BCUT2D eigenvalue weighted by Gasteiger charge is 2.32. The first-order valence-corrected chi connectivity index (χ1v) is 9.00. The highest BCUT2D eigenvalue weighted by atomic mass is 32.2. The second kappa shape index (κ2) is 6.18. The monoisotopic (exact) mass is 326 g/mol. The first kappa shape index (κ1) is 17.2. The molecule has 1 heterocycles. The molecule has 6 heteroatoms. The molecule has 124 valence electrons. The average molecular weight is 326 g/mol. The molecule has 0 saturated carbocycles. The fourth-order valence-corrected chi connectivity index (χ4v) is 4.27. The van der Waals surface area contributed by atoms with E-state index < -0.39 is 10.0 Å². The van der Waals surface area contributed by atoms with Crippen molar-refractivity contribution in [2.24, 2.45) is 0 Å². The van der Waals surface area contributed by atoms with Gasteiger partial charge in [0.05, 0.1) is 12.0 Å². The first-order chi connectivity index (χ1) is 10.2. The standard InChI is InChI=1S/C16H26N2O3S/c1-13-12-14(6-7-15(13)21-5)22(19,20)18-10-8-17(9-11-18)16(2,3)4/h6-7,12H,8-11H2,1-5H3. The molecule has 0 spiro atoms. The SMILES string of the molecule is COc1ccc(S(=O)(=O)N2CCN(C(C)(C)C)CC2)cc1C. The summed E-state index contributed by atoms with van der Waals surface area (Å²) in [5.41, 5.74) is 0.906. The summed E-state index contributed by atoms with van der Waals surface area (Å²) in [5, 5.41) is 0. The van der Waals surface area contributed by atoms with E-state index >= 15 is 0 Å². The van der Waals surface area contributed by atoms with Crippen LogP contribution in [-0.4, -0.2) is 56.5 Å². The van der Waals surface area contributed by atoms with Gasteiger partial charge >= 0.3 is 0 Å². The maximum absolute atomic E-state index is 12.8. The van der Waals surface area contributed by atoms with Gasteiger partial charge in [-0.05, 0) is 51.5 Å². The highest BCUT2D eigenvalue weighted by molar-refractivity contribution is 7.89. The topological polar surface area (TPSA) is 49.9 Å². The summed E-state index contributed by atoms with van der Waals surface area (Å²) in [4.78, 5) is 2.66. The van der Waals surface area contributed by atoms with Crippen LogP contribution in [0.1, 0.15) is 26.3 Å². The van der Waals surface area contributed by atoms with Gasteiger partial charge in [0, 0.05) is 31.7 Å². The molecule has 0 aliphatic carbocycles. The van der Waals surface area contributed by atoms with Crippen LogP contribution in [0, 0.1) is 6.92 Å². The third-order valence-electron chi connectivity index (χ3n) is 4.19. The molecular weight excluding hydrogens is 300 g/mol. The van der Waals surface area contributed by atoms with E-state index in [-0.39, 0.29) is 5.54 Å². The number of methoxy groups -OCH3 is 1. The number of benzene rings is 1. The van der Waals surface area contributed by atoms with E-state index in [1.54, 1.807) is 29.6 Å². The molecule has 0 atom stereocenters. The predicted octanol–water partition coefficient (Wildman–Crippen LogP) is 2.11. The second-order valence-corrected chi connectivity index (χ2v) is 8.63. The summed E-state index contributed by atoms with van der Waals surface area (Å²) >= 11 is 0. The fourth-order valence-electron chi connectivity index (χ4n) is 2.76. The van der Waals surface area contributed by atoms with Gasteiger partial charge in [0.25, 0.3) is 0 Å². The molecule has 1 aliphatic rings. The van der Waals surface area contributed by atoms with Crippen molar-refractivity contribution in [3.63, 3.8) is 0 Å². The number of hydrogen-bond acceptors (Lipinski definition) is 4. The van der Waals surface area contributed by atoms with E-state index in [0.29, 0.717) is 23.7 Å². The van der Waals surface area contributed by atoms with Crippen molar-refractivity contribution in [3.8, 4) is 5.75 Å². The van der Waals surface area contributed by atoms with Gasteiger partial charge in [-0.15, -0.1) is 0 Å². The molecule has 0 N–H and O–H groups in total. The van der Waals surface area contributed by atoms with E-state index in [2.05, 4.69) is 25.7 Å². The average Bonchev–Trinajstić information content (AvgIpc) is 2.46. The molecule has 0 amide bonds. The van der Waals surface area contributed by atoms with E-state index in [4.69, 9.17) is 4.74 Å². The van der Waals surface area contributed by atoms with Crippen molar-refractivity contribution in [2.45, 2.75) is 38.1 Å². The summed E-state index contributed by atoms with van der Waals surface area (Å²) < 4.78 is 32.3. The molecule has 0 unspecified atom stereocenters. The molecule has 0 radical (unpaired) electrons. The van der Waals surface area contributed by atoms with Crippen LogP contribution >= 0.6 is 0 Å². The highest BCUT2D eigenvalue weighted by Crippen LogP contribution is 2.25. The Morgan fingerprint density at radius 1 is 1.09 bits per heavy atom. The van der Waals surface area contributed by atoms with Crippen LogP contribution in [0.5, 0.6) is 5.75 Å². The Hall–Kier alpha value is -1.11. The minimum Gasteiger partial charge on any atom is -0.496 e. The number of aryl methyl sites for hydroxylation is 1. The van der Waals surface area contributed by atoms with Crippen LogP contribution in [0.25, 0.3) is 0 Å². The molecule has 1 saturated heterocycles. The Balaban J connectivity index is 2.17. The maximum Gasteiger partial charge on any atom is 0.243 e. The lowest BCUT2D eigenvalue weighted by Crippen LogP contribution is -2.54. The van der Waals surface area contributed by atoms with Gasteiger partial charge in [-0.25, -0.2) is 8.42 Å². The summed E-state index contributed by atoms with van der Waals surface area (Å²) in [7, 11) is -1.84. The van der Waals surface area contributed by atoms with Crippen LogP contribution in [0.15, 0.2) is 23.1 Å². The van der Waals surface area contributed by atoms with Crippen molar-refractivity contribution in [1.82, 2.24) is 9.21 Å². The molecule has 0 aromatic heterocycles. The van der Waals surface area contributed by atoms with Crippen LogP contribution in [0.2, 0.25) is 0 Å². The molecule has 5 nitrogen and oxygen atoms in total. The van der Waals surface area contributed by atoms with E-state index in [9.17, 15) is 8.42 Å². The lowest BCUT2D eigenvalue weighted by Gasteiger charge is -2.41. The number of sulfonamides is 1. The Morgan fingerprint density at radius 2 is 1.68 bits per heavy atom. The largest absolute Gasteiger partial charge is 0.496 e. The van der Waals surface area contributed by atoms with Gasteiger partial charge in [-0.1, -0.05) is 0 Å². The van der Waals surface area contributed by atoms with E-state index in [1.165, 1.54) is 0 Å². The van der Waals surface area contributed by atoms with Gasteiger partial charge < -0.3 is 4.74 Å². The number of hydrogen-bond donors (Lipinski definition) is 0. The minimum absolute atomic E-state index is 0.0759. The zero-order valence-electron chi connectivity index (χ0n) is 14.1. The number of rotatable bonds is 3. The third kappa shape index (κ3) is 3.45. The van der Waals surface area contributed by atoms with Crippen molar-refractivity contribution < 1.29 is 13.2 Å². The van der Waals surface area contributed by atoms with Crippen molar-refractivity contribution in [3.05, 3.63) is 23.8 Å². The molecular formula is C16H26N2O3S. The zero-order chi connectivity index (χ0) is 16.5. The lowest BCUT2D eigenvalue weighted by atomic mass is 10.1. The van der Waals surface area contributed by atoms with Gasteiger partial charge in [0.15, 0.2) is 0 Å². The number of ether oxygens (including phenoxy) is 1. The lowest BCUT2D eigenvalue weighted by molar-refractivity contribution is 0.0922. The van der Waals surface area contributed by atoms with E-state index in [0.717, 1.165) is 18.7 Å². The van der Waals surface area contributed by atoms with Crippen LogP contribution in [0.3, 0.4) is 0 Å². The van der Waals surface area contributed by atoms with Gasteiger partial charge in [-0.2, -0.15) is 4.31 Å². The van der Waals surface area contributed by atoms with Crippen molar-refractivity contribution in [2.75, 3.05) is 33.3 Å². The Morgan fingerprint density at radius 3 is 2.14 bits per heavy atom. The second-order valence-electron chi connectivity index (χ2n) is 6.69. The predicted molar refractivity (Wildman–Crippen MR) is 87.8 cm³/mol. The Bertz CT molecular complexity index is 627. The fraction of sp³-hybridized carbons (Fsp3) is 0.625. The summed E-state index contributed by atoms with van der Waals surface area (Å²) in [6.45, 7) is 10.9. The molecule has 1 aromatic carbocycles. The molecule has 22 heavy (non-hydrogen) atoms. The minimum atomic E-state index is -3.43. The quantitative estimate of drug-likeness (QED) is 0.854. The summed E-state index contributed by atoms with van der Waals surface area (Å²) in [6.07, 6.45) is 0.